The number of hydrogen-bond acceptors (Lipinski definition) is 7. The van der Waals surface area contributed by atoms with E-state index < -0.39 is 11.6 Å². The van der Waals surface area contributed by atoms with Crippen molar-refractivity contribution in [2.75, 3.05) is 63.8 Å². The molecule has 3 atom stereocenters. The zero-order valence-electron chi connectivity index (χ0n) is 28.1. The molecule has 3 aromatic carbocycles. The van der Waals surface area contributed by atoms with Crippen molar-refractivity contribution < 1.29 is 32.6 Å². The Kier molecular flexibility index (Phi) is 13.7. The lowest BCUT2D eigenvalue weighted by atomic mass is 10.0. The number of urea groups is 1. The molecule has 13 heteroatoms. The van der Waals surface area contributed by atoms with E-state index in [1.54, 1.807) is 6.07 Å². The van der Waals surface area contributed by atoms with Gasteiger partial charge in [-0.15, -0.1) is 0 Å². The molecule has 0 aliphatic carbocycles. The Labute approximate surface area is 295 Å². The second kappa shape index (κ2) is 18.6. The van der Waals surface area contributed by atoms with Gasteiger partial charge in [0.2, 0.25) is 11.8 Å². The normalized spacial score (nSPS) is 17.7. The Morgan fingerprint density at radius 2 is 1.58 bits per heavy atom. The van der Waals surface area contributed by atoms with Crippen LogP contribution in [-0.2, 0) is 19.1 Å². The molecule has 50 heavy (non-hydrogen) atoms. The number of carbonyl (C=O) groups excluding carboxylic acids is 3. The van der Waals surface area contributed by atoms with E-state index in [2.05, 4.69) is 33.1 Å². The van der Waals surface area contributed by atoms with Crippen molar-refractivity contribution in [3.05, 3.63) is 77.4 Å². The van der Waals surface area contributed by atoms with Gasteiger partial charge in [0.25, 0.3) is 0 Å². The number of amides is 4. The van der Waals surface area contributed by atoms with Crippen molar-refractivity contribution in [1.82, 2.24) is 21.3 Å². The van der Waals surface area contributed by atoms with Gasteiger partial charge in [0.1, 0.15) is 11.6 Å². The number of carbonyl (C=O) groups is 3. The number of hydrogen-bond donors (Lipinski definition) is 4. The second-order valence-electron chi connectivity index (χ2n) is 12.2. The molecule has 0 spiro atoms. The SMILES string of the molecule is CN(CC(=O)NCCOCCOCCNC(=O)CCCC[C@@H]1SC[C@@H]2NC(=O)N[C@@H]21)c1ccc(C#Cc2c(F)cccc2F)c2ccccc12. The van der Waals surface area contributed by atoms with Crippen LogP contribution in [0.3, 0.4) is 0 Å². The van der Waals surface area contributed by atoms with Crippen molar-refractivity contribution in [3.8, 4) is 11.8 Å². The molecule has 2 saturated heterocycles. The molecular weight excluding hydrogens is 665 g/mol. The molecule has 4 amide bonds. The van der Waals surface area contributed by atoms with Gasteiger partial charge in [0.15, 0.2) is 0 Å². The van der Waals surface area contributed by atoms with Crippen LogP contribution in [0.4, 0.5) is 19.3 Å². The average molecular weight is 708 g/mol. The zero-order valence-corrected chi connectivity index (χ0v) is 28.9. The van der Waals surface area contributed by atoms with Gasteiger partial charge in [-0.05, 0) is 42.5 Å². The third kappa shape index (κ3) is 10.3. The van der Waals surface area contributed by atoms with Gasteiger partial charge in [-0.1, -0.05) is 48.6 Å². The van der Waals surface area contributed by atoms with Crippen LogP contribution in [0, 0.1) is 23.5 Å². The molecule has 2 fully saturated rings. The van der Waals surface area contributed by atoms with Crippen LogP contribution in [0.1, 0.15) is 36.8 Å². The van der Waals surface area contributed by atoms with Crippen molar-refractivity contribution in [2.45, 2.75) is 43.0 Å². The number of anilines is 1. The van der Waals surface area contributed by atoms with E-state index >= 15 is 0 Å². The highest BCUT2D eigenvalue weighted by atomic mass is 32.2. The molecule has 2 aliphatic heterocycles. The van der Waals surface area contributed by atoms with Gasteiger partial charge in [0, 0.05) is 54.2 Å². The summed E-state index contributed by atoms with van der Waals surface area (Å²) >= 11 is 1.88. The summed E-state index contributed by atoms with van der Waals surface area (Å²) in [6, 6.07) is 15.2. The quantitative estimate of drug-likeness (QED) is 0.0954. The highest BCUT2D eigenvalue weighted by Crippen LogP contribution is 2.33. The predicted molar refractivity (Wildman–Crippen MR) is 191 cm³/mol. The van der Waals surface area contributed by atoms with E-state index in [1.165, 1.54) is 18.2 Å². The summed E-state index contributed by atoms with van der Waals surface area (Å²) in [7, 11) is 1.82. The van der Waals surface area contributed by atoms with E-state index in [-0.39, 0.29) is 42.0 Å². The van der Waals surface area contributed by atoms with E-state index in [0.717, 1.165) is 41.5 Å². The molecule has 2 heterocycles. The first kappa shape index (κ1) is 36.9. The van der Waals surface area contributed by atoms with Crippen LogP contribution >= 0.6 is 11.8 Å². The number of ether oxygens (including phenoxy) is 2. The number of nitrogens with one attached hydrogen (secondary N) is 4. The number of likely N-dealkylation sites (N-methyl/N-ethyl adjacent to an activating group) is 1. The summed E-state index contributed by atoms with van der Waals surface area (Å²) in [5.74, 6) is 4.88. The largest absolute Gasteiger partial charge is 0.377 e. The number of halogens is 2. The molecule has 2 aliphatic rings. The van der Waals surface area contributed by atoms with Crippen LogP contribution in [0.2, 0.25) is 0 Å². The fourth-order valence-electron chi connectivity index (χ4n) is 6.04. The van der Waals surface area contributed by atoms with Crippen LogP contribution in [0.15, 0.2) is 54.6 Å². The maximum absolute atomic E-state index is 14.1. The van der Waals surface area contributed by atoms with E-state index in [9.17, 15) is 23.2 Å². The van der Waals surface area contributed by atoms with Crippen molar-refractivity contribution >= 4 is 46.1 Å². The summed E-state index contributed by atoms with van der Waals surface area (Å²) in [6.07, 6.45) is 3.22. The van der Waals surface area contributed by atoms with Crippen molar-refractivity contribution in [3.63, 3.8) is 0 Å². The fourth-order valence-corrected chi connectivity index (χ4v) is 7.58. The summed E-state index contributed by atoms with van der Waals surface area (Å²) in [6.45, 7) is 2.35. The van der Waals surface area contributed by atoms with Crippen LogP contribution in [-0.4, -0.2) is 94.0 Å². The molecule has 4 N–H and O–H groups in total. The molecule has 0 radical (unpaired) electrons. The van der Waals surface area contributed by atoms with Gasteiger partial charge in [0.05, 0.1) is 50.6 Å². The Hall–Kier alpha value is -4.38. The molecular formula is C37H43F2N5O5S. The van der Waals surface area contributed by atoms with Crippen molar-refractivity contribution in [1.29, 1.82) is 0 Å². The monoisotopic (exact) mass is 707 g/mol. The number of nitrogens with zero attached hydrogens (tertiary/aromatic N) is 1. The molecule has 0 bridgehead atoms. The lowest BCUT2D eigenvalue weighted by Gasteiger charge is -2.21. The van der Waals surface area contributed by atoms with E-state index in [4.69, 9.17) is 9.47 Å². The first-order chi connectivity index (χ1) is 24.3. The Balaban J connectivity index is 0.911. The first-order valence-corrected chi connectivity index (χ1v) is 17.9. The smallest absolute Gasteiger partial charge is 0.315 e. The molecule has 0 saturated carbocycles. The summed E-state index contributed by atoms with van der Waals surface area (Å²) in [5.41, 5.74) is 1.16. The fraction of sp³-hybridized carbons (Fsp3) is 0.432. The van der Waals surface area contributed by atoms with Gasteiger partial charge < -0.3 is 35.6 Å². The van der Waals surface area contributed by atoms with Gasteiger partial charge in [-0.25, -0.2) is 13.6 Å². The number of benzene rings is 3. The molecule has 0 unspecified atom stereocenters. The number of unbranched alkanes of at least 4 members (excludes halogenated alkanes) is 1. The average Bonchev–Trinajstić information content (AvgIpc) is 3.66. The van der Waals surface area contributed by atoms with Gasteiger partial charge in [-0.3, -0.25) is 9.59 Å². The highest BCUT2D eigenvalue weighted by molar-refractivity contribution is 8.00. The van der Waals surface area contributed by atoms with Crippen LogP contribution in [0.5, 0.6) is 0 Å². The number of fused-ring (bicyclic) bond motifs is 2. The summed E-state index contributed by atoms with van der Waals surface area (Å²) < 4.78 is 39.2. The Morgan fingerprint density at radius 3 is 2.32 bits per heavy atom. The minimum Gasteiger partial charge on any atom is -0.377 e. The zero-order chi connectivity index (χ0) is 35.3. The van der Waals surface area contributed by atoms with Crippen LogP contribution in [0.25, 0.3) is 10.8 Å². The lowest BCUT2D eigenvalue weighted by molar-refractivity contribution is -0.121. The Bertz CT molecular complexity index is 1700. The number of thioether (sulfide) groups is 1. The topological polar surface area (TPSA) is 121 Å². The van der Waals surface area contributed by atoms with Crippen molar-refractivity contribution in [2.24, 2.45) is 0 Å². The minimum atomic E-state index is -0.711. The van der Waals surface area contributed by atoms with E-state index in [0.29, 0.717) is 56.8 Å². The highest BCUT2D eigenvalue weighted by Gasteiger charge is 2.42. The lowest BCUT2D eigenvalue weighted by Crippen LogP contribution is -2.37. The molecule has 3 aromatic rings. The standard InChI is InChI=1S/C37H43F2N5O5S/c1-44(32-16-14-25(26-7-2-3-8-27(26)32)13-15-28-29(38)9-6-10-30(28)39)23-35(46)41-18-20-49-22-21-48-19-17-40-34(45)12-5-4-11-33-36-31(24-50-33)42-37(47)43-36/h2-3,6-10,14,16,31,33,36H,4-5,11-12,17-24H2,1H3,(H,40,45)(H,41,46)(H2,42,43,47)/t31-,33-,36-/m0/s1. The first-order valence-electron chi connectivity index (χ1n) is 16.9. The molecule has 10 nitrogen and oxygen atoms in total. The second-order valence-corrected chi connectivity index (χ2v) is 13.4. The van der Waals surface area contributed by atoms with Crippen LogP contribution < -0.4 is 26.2 Å². The number of rotatable bonds is 17. The third-order valence-electron chi connectivity index (χ3n) is 8.57. The summed E-state index contributed by atoms with van der Waals surface area (Å²) in [4.78, 5) is 38.1. The Morgan fingerprint density at radius 1 is 0.880 bits per heavy atom. The third-order valence-corrected chi connectivity index (χ3v) is 10.1. The predicted octanol–water partition coefficient (Wildman–Crippen LogP) is 3.95. The van der Waals surface area contributed by atoms with Gasteiger partial charge >= 0.3 is 6.03 Å². The minimum absolute atomic E-state index is 0.00740. The maximum atomic E-state index is 14.1. The summed E-state index contributed by atoms with van der Waals surface area (Å²) in [5, 5.41) is 13.7. The molecule has 266 valence electrons. The van der Waals surface area contributed by atoms with E-state index in [1.807, 2.05) is 54.0 Å². The maximum Gasteiger partial charge on any atom is 0.315 e. The molecule has 0 aromatic heterocycles. The van der Waals surface area contributed by atoms with Gasteiger partial charge in [-0.2, -0.15) is 11.8 Å². The molecule has 5 rings (SSSR count).